The molecule has 1 saturated carbocycles. The van der Waals surface area contributed by atoms with Crippen molar-refractivity contribution in [1.29, 1.82) is 0 Å². The Morgan fingerprint density at radius 3 is 0.556 bits per heavy atom. The van der Waals surface area contributed by atoms with Gasteiger partial charge in [0, 0.05) is 29.0 Å². The van der Waals surface area contributed by atoms with Crippen molar-refractivity contribution in [1.82, 2.24) is 0 Å². The zero-order valence-electron chi connectivity index (χ0n) is 9.97. The molecule has 0 N–H and O–H groups in total. The molecule has 0 bridgehead atoms. The van der Waals surface area contributed by atoms with Crippen LogP contribution in [0.15, 0.2) is 0 Å². The Kier molecular flexibility index (Phi) is 10.3. The molecule has 1 fully saturated rings. The van der Waals surface area contributed by atoms with Gasteiger partial charge in [-0.3, -0.25) is 0 Å². The summed E-state index contributed by atoms with van der Waals surface area (Å²) in [5.41, 5.74) is 0. The second kappa shape index (κ2) is 9.81. The summed E-state index contributed by atoms with van der Waals surface area (Å²) in [7, 11) is 0. The molecule has 0 nitrogen and oxygen atoms in total. The number of hydrogen-bond acceptors (Lipinski definition) is 0. The quantitative estimate of drug-likeness (QED) is 0.197. The summed E-state index contributed by atoms with van der Waals surface area (Å²) in [6.07, 6.45) is 7.24. The highest BCUT2D eigenvalue weighted by molar-refractivity contribution is 9.13. The molecule has 0 amide bonds. The molecule has 0 aromatic rings. The first-order chi connectivity index (χ1) is 8.41. The van der Waals surface area contributed by atoms with Crippen LogP contribution in [0.25, 0.3) is 0 Å². The number of alkyl halides is 6. The molecule has 0 aliphatic heterocycles. The summed E-state index contributed by atoms with van der Waals surface area (Å²) < 4.78 is 0. The van der Waals surface area contributed by atoms with E-state index in [1.165, 1.54) is 38.5 Å². The highest BCUT2D eigenvalue weighted by Gasteiger charge is 2.25. The summed E-state index contributed by atoms with van der Waals surface area (Å²) >= 11 is 22.9. The largest absolute Gasteiger partial charge is 0.0879 e. The van der Waals surface area contributed by atoms with Gasteiger partial charge in [-0.25, -0.2) is 0 Å². The van der Waals surface area contributed by atoms with Crippen molar-refractivity contribution in [2.75, 3.05) is 0 Å². The van der Waals surface area contributed by atoms with Gasteiger partial charge in [-0.15, -0.1) is 0 Å². The number of halogens is 6. The van der Waals surface area contributed by atoms with E-state index in [1.807, 2.05) is 0 Å². The topological polar surface area (TPSA) is 0 Å². The SMILES string of the molecule is Br[13CH]1[13CH2][13CH2][13C@H](Br)[13C@H](Br)[13CH2][13CH2][13C@@H](Br)[13C@H](Br)[13CH2][13CH2][13C@H]1Br. The maximum absolute atomic E-state index is 3.82. The molecule has 0 radical (unpaired) electrons. The summed E-state index contributed by atoms with van der Waals surface area (Å²) in [6, 6.07) is 0. The number of hydrogen-bond donors (Lipinski definition) is 0. The van der Waals surface area contributed by atoms with Gasteiger partial charge < -0.3 is 0 Å². The highest BCUT2D eigenvalue weighted by atomic mass is 79.9. The van der Waals surface area contributed by atoms with Crippen molar-refractivity contribution >= 4 is 95.6 Å². The Labute approximate surface area is 161 Å². The van der Waals surface area contributed by atoms with E-state index in [-0.39, 0.29) is 0 Å². The van der Waals surface area contributed by atoms with Crippen molar-refractivity contribution in [2.45, 2.75) is 67.5 Å². The fourth-order valence-corrected chi connectivity index (χ4v) is 5.21. The Hall–Kier alpha value is 2.88. The van der Waals surface area contributed by atoms with Gasteiger partial charge in [-0.1, -0.05) is 95.6 Å². The first kappa shape index (κ1) is 18.9. The third-order valence-electron chi connectivity index (χ3n) is 3.33. The van der Waals surface area contributed by atoms with E-state index in [0.29, 0.717) is 29.0 Å². The second-order valence-corrected chi connectivity index (χ2v) is 11.9. The van der Waals surface area contributed by atoms with Crippen LogP contribution < -0.4 is 0 Å². The lowest BCUT2D eigenvalue weighted by atomic mass is 11.0. The summed E-state index contributed by atoms with van der Waals surface area (Å²) in [4.78, 5) is 3.36. The van der Waals surface area contributed by atoms with Gasteiger partial charge in [-0.05, 0) is 38.5 Å². The van der Waals surface area contributed by atoms with Gasteiger partial charge in [0.1, 0.15) is 0 Å². The minimum atomic E-state index is 0.560. The van der Waals surface area contributed by atoms with Crippen LogP contribution in [0.4, 0.5) is 0 Å². The van der Waals surface area contributed by atoms with Crippen LogP contribution in [-0.4, -0.2) is 29.0 Å². The zero-order chi connectivity index (χ0) is 13.7. The summed E-state index contributed by atoms with van der Waals surface area (Å²) in [5, 5.41) is 0. The van der Waals surface area contributed by atoms with Crippen molar-refractivity contribution in [3.8, 4) is 0 Å². The van der Waals surface area contributed by atoms with E-state index in [1.54, 1.807) is 0 Å². The molecule has 0 saturated heterocycles. The molecule has 0 aromatic heterocycles. The van der Waals surface area contributed by atoms with E-state index >= 15 is 0 Å². The standard InChI is InChI=1S/C12H18Br6/c13-7-1-2-8(14)10(16)5-6-12(18)11(17)4-3-9(7)15/h7-12H,1-6H2/t7-,8-,9-,10+,11-,12?/m1/s1/i1+1,2+1,3+1,4+1,5+1,6+1,7+1,8+1,9+1,10+1,11+1,12+1. The maximum atomic E-state index is 3.82. The first-order valence-electron chi connectivity index (χ1n) is 6.26. The van der Waals surface area contributed by atoms with Crippen LogP contribution in [-0.2, 0) is 0 Å². The molecular formula is C12H18Br6. The molecule has 6 atom stereocenters. The van der Waals surface area contributed by atoms with Gasteiger partial charge in [0.25, 0.3) is 0 Å². The Morgan fingerprint density at radius 1 is 0.333 bits per heavy atom. The molecule has 18 heavy (non-hydrogen) atoms. The van der Waals surface area contributed by atoms with Crippen LogP contribution >= 0.6 is 95.6 Å². The molecule has 0 aromatic carbocycles. The van der Waals surface area contributed by atoms with Crippen LogP contribution in [0.1, 0.15) is 38.5 Å². The van der Waals surface area contributed by atoms with E-state index in [2.05, 4.69) is 95.6 Å². The Balaban J connectivity index is 2.61. The molecule has 6 heteroatoms. The lowest BCUT2D eigenvalue weighted by Gasteiger charge is -2.25. The molecule has 108 valence electrons. The highest BCUT2D eigenvalue weighted by Crippen LogP contribution is 2.34. The molecule has 1 aliphatic carbocycles. The smallest absolute Gasteiger partial charge is 0.0271 e. The van der Waals surface area contributed by atoms with Crippen LogP contribution in [0.5, 0.6) is 0 Å². The molecular weight excluding hydrogens is 635 g/mol. The number of rotatable bonds is 0. The van der Waals surface area contributed by atoms with Crippen molar-refractivity contribution in [3.63, 3.8) is 0 Å². The lowest BCUT2D eigenvalue weighted by Crippen LogP contribution is -2.25. The van der Waals surface area contributed by atoms with Gasteiger partial charge in [0.05, 0.1) is 0 Å². The van der Waals surface area contributed by atoms with Crippen molar-refractivity contribution in [3.05, 3.63) is 0 Å². The van der Waals surface area contributed by atoms with Gasteiger partial charge in [0.2, 0.25) is 0 Å². The van der Waals surface area contributed by atoms with Crippen molar-refractivity contribution < 1.29 is 0 Å². The van der Waals surface area contributed by atoms with Gasteiger partial charge >= 0.3 is 0 Å². The minimum absolute atomic E-state index is 0.560. The lowest BCUT2D eigenvalue weighted by molar-refractivity contribution is 0.557. The summed E-state index contributed by atoms with van der Waals surface area (Å²) in [6.45, 7) is 0. The van der Waals surface area contributed by atoms with Crippen molar-refractivity contribution in [2.24, 2.45) is 0 Å². The van der Waals surface area contributed by atoms with Gasteiger partial charge in [0.15, 0.2) is 0 Å². The first-order valence-corrected chi connectivity index (χ1v) is 11.8. The second-order valence-electron chi connectivity index (χ2n) is 4.83. The summed E-state index contributed by atoms with van der Waals surface area (Å²) in [5.74, 6) is 0. The molecule has 0 spiro atoms. The molecule has 1 unspecified atom stereocenters. The van der Waals surface area contributed by atoms with E-state index in [4.69, 9.17) is 0 Å². The monoisotopic (exact) mass is 648 g/mol. The average molecular weight is 654 g/mol. The third kappa shape index (κ3) is 6.76. The van der Waals surface area contributed by atoms with Crippen LogP contribution in [0.3, 0.4) is 0 Å². The Morgan fingerprint density at radius 2 is 0.444 bits per heavy atom. The maximum Gasteiger partial charge on any atom is 0.0271 e. The van der Waals surface area contributed by atoms with Crippen LogP contribution in [0, 0.1) is 0 Å². The van der Waals surface area contributed by atoms with E-state index in [9.17, 15) is 0 Å². The molecule has 0 heterocycles. The van der Waals surface area contributed by atoms with Gasteiger partial charge in [-0.2, -0.15) is 0 Å². The fraction of sp³-hybridized carbons (Fsp3) is 1.00. The zero-order valence-corrected chi connectivity index (χ0v) is 19.5. The predicted molar refractivity (Wildman–Crippen MR) is 104 cm³/mol. The minimum Gasteiger partial charge on any atom is -0.0879 e. The third-order valence-corrected chi connectivity index (χ3v) is 12.0. The molecule has 1 rings (SSSR count). The van der Waals surface area contributed by atoms with Crippen LogP contribution in [0.2, 0.25) is 0 Å². The normalized spacial score (nSPS) is 45.0. The fourth-order valence-electron chi connectivity index (χ4n) is 2.04. The molecule has 1 aliphatic rings. The predicted octanol–water partition coefficient (Wildman–Crippen LogP) is 6.92. The Bertz CT molecular complexity index is 175. The average Bonchev–Trinajstić information content (AvgIpc) is 2.36. The van der Waals surface area contributed by atoms with E-state index in [0.717, 1.165) is 0 Å². The van der Waals surface area contributed by atoms with E-state index < -0.39 is 0 Å².